The van der Waals surface area contributed by atoms with Crippen LogP contribution in [0, 0.1) is 11.7 Å². The average Bonchev–Trinajstić information content (AvgIpc) is 3.52. The molecule has 0 unspecified atom stereocenters. The number of hydrogen-bond acceptors (Lipinski definition) is 7. The van der Waals surface area contributed by atoms with Crippen LogP contribution in [0.5, 0.6) is 0 Å². The van der Waals surface area contributed by atoms with Gasteiger partial charge in [0.2, 0.25) is 12.3 Å². The minimum Gasteiger partial charge on any atom is -0.443 e. The molecule has 45 heavy (non-hydrogen) atoms. The minimum absolute atomic E-state index is 0.0270. The molecule has 0 bridgehead atoms. The summed E-state index contributed by atoms with van der Waals surface area (Å²) in [5.74, 6) is -2.38. The van der Waals surface area contributed by atoms with Gasteiger partial charge in [0.05, 0.1) is 18.7 Å². The van der Waals surface area contributed by atoms with E-state index in [2.05, 4.69) is 10.3 Å². The maximum atomic E-state index is 14.3. The van der Waals surface area contributed by atoms with Gasteiger partial charge in [-0.3, -0.25) is 19.2 Å². The van der Waals surface area contributed by atoms with Crippen molar-refractivity contribution in [1.82, 2.24) is 20.1 Å². The largest absolute Gasteiger partial charge is 0.443 e. The van der Waals surface area contributed by atoms with Gasteiger partial charge in [0.1, 0.15) is 30.9 Å². The van der Waals surface area contributed by atoms with E-state index in [9.17, 15) is 23.6 Å². The molecule has 4 rings (SSSR count). The number of carbonyl (C=O) groups is 4. The zero-order valence-electron chi connectivity index (χ0n) is 25.2. The van der Waals surface area contributed by atoms with Gasteiger partial charge in [-0.05, 0) is 36.1 Å². The number of aromatic nitrogens is 1. The van der Waals surface area contributed by atoms with Crippen LogP contribution < -0.4 is 5.32 Å². The Hall–Kier alpha value is -4.84. The number of unbranched alkanes of at least 4 members (excludes halogenated alkanes) is 2. The molecule has 2 atom stereocenters. The Morgan fingerprint density at radius 2 is 1.71 bits per heavy atom. The Kier molecular flexibility index (Phi) is 12.4. The van der Waals surface area contributed by atoms with E-state index in [-0.39, 0.29) is 38.5 Å². The number of hydrogen-bond donors (Lipinski definition) is 1. The molecule has 1 saturated heterocycles. The van der Waals surface area contributed by atoms with E-state index in [4.69, 9.17) is 9.57 Å². The smallest absolute Gasteiger partial charge is 0.429 e. The molecular formula is C33H38FN5O6. The predicted octanol–water partition coefficient (Wildman–Crippen LogP) is 5.10. The zero-order valence-corrected chi connectivity index (χ0v) is 25.2. The van der Waals surface area contributed by atoms with Crippen LogP contribution in [-0.2, 0) is 37.2 Å². The second kappa shape index (κ2) is 16.9. The van der Waals surface area contributed by atoms with Crippen molar-refractivity contribution in [3.05, 3.63) is 95.9 Å². The fourth-order valence-electron chi connectivity index (χ4n) is 4.99. The maximum absolute atomic E-state index is 14.3. The lowest BCUT2D eigenvalue weighted by Crippen LogP contribution is -2.55. The molecule has 4 amide bonds. The second-order valence-electron chi connectivity index (χ2n) is 10.7. The fraction of sp³-hybridized carbons (Fsp3) is 0.364. The van der Waals surface area contributed by atoms with E-state index >= 15 is 0 Å². The molecule has 1 aliphatic heterocycles. The highest BCUT2D eigenvalue weighted by Crippen LogP contribution is 2.26. The Morgan fingerprint density at radius 3 is 2.33 bits per heavy atom. The van der Waals surface area contributed by atoms with Crippen molar-refractivity contribution >= 4 is 30.1 Å². The number of ether oxygens (including phenoxy) is 1. The van der Waals surface area contributed by atoms with E-state index in [1.807, 2.05) is 55.5 Å². The molecular weight excluding hydrogens is 581 g/mol. The van der Waals surface area contributed by atoms with Gasteiger partial charge in [0.15, 0.2) is 0 Å². The highest BCUT2D eigenvalue weighted by Gasteiger charge is 2.45. The van der Waals surface area contributed by atoms with Crippen molar-refractivity contribution < 1.29 is 33.1 Å². The number of rotatable bonds is 15. The summed E-state index contributed by atoms with van der Waals surface area (Å²) in [5, 5.41) is 5.95. The predicted molar refractivity (Wildman–Crippen MR) is 163 cm³/mol. The van der Waals surface area contributed by atoms with E-state index in [1.54, 1.807) is 12.1 Å². The van der Waals surface area contributed by atoms with Gasteiger partial charge in [-0.15, -0.1) is 0 Å². The molecule has 0 aliphatic carbocycles. The van der Waals surface area contributed by atoms with Gasteiger partial charge in [0, 0.05) is 6.54 Å². The van der Waals surface area contributed by atoms with Crippen molar-refractivity contribution in [1.29, 1.82) is 0 Å². The molecule has 238 valence electrons. The Labute approximate surface area is 261 Å². The normalized spacial score (nSPS) is 14.9. The summed E-state index contributed by atoms with van der Waals surface area (Å²) in [6.07, 6.45) is 3.64. The SMILES string of the molecule is CCCCC[C@H](CN(C=O)OCc1ccccc1)C(=O)N1[C@H](C(=O)Nc2ccc(F)cn2)CCN1C(=O)OCc1ccccc1. The lowest BCUT2D eigenvalue weighted by Gasteiger charge is -2.34. The number of nitrogens with one attached hydrogen (secondary N) is 1. The Bertz CT molecular complexity index is 1400. The zero-order chi connectivity index (χ0) is 32.0. The van der Waals surface area contributed by atoms with Crippen LogP contribution in [0.2, 0.25) is 0 Å². The highest BCUT2D eigenvalue weighted by molar-refractivity contribution is 5.97. The van der Waals surface area contributed by atoms with E-state index in [1.165, 1.54) is 6.07 Å². The maximum Gasteiger partial charge on any atom is 0.429 e. The molecule has 0 spiro atoms. The summed E-state index contributed by atoms with van der Waals surface area (Å²) in [6.45, 7) is 2.08. The average molecular weight is 620 g/mol. The topological polar surface area (TPSA) is 121 Å². The lowest BCUT2D eigenvalue weighted by atomic mass is 9.99. The van der Waals surface area contributed by atoms with Gasteiger partial charge in [-0.2, -0.15) is 0 Å². The fourth-order valence-corrected chi connectivity index (χ4v) is 4.99. The van der Waals surface area contributed by atoms with E-state index in [0.717, 1.165) is 51.3 Å². The van der Waals surface area contributed by atoms with Crippen molar-refractivity contribution in [3.63, 3.8) is 0 Å². The number of anilines is 1. The summed E-state index contributed by atoms with van der Waals surface area (Å²) in [4.78, 5) is 62.7. The van der Waals surface area contributed by atoms with Gasteiger partial charge in [0.25, 0.3) is 5.91 Å². The molecule has 12 heteroatoms. The molecule has 0 saturated carbocycles. The third kappa shape index (κ3) is 9.57. The van der Waals surface area contributed by atoms with Crippen molar-refractivity contribution in [3.8, 4) is 0 Å². The molecule has 3 aromatic rings. The Morgan fingerprint density at radius 1 is 1.02 bits per heavy atom. The third-order valence-corrected chi connectivity index (χ3v) is 7.36. The van der Waals surface area contributed by atoms with E-state index < -0.39 is 35.7 Å². The Balaban J connectivity index is 1.56. The summed E-state index contributed by atoms with van der Waals surface area (Å²) in [5.41, 5.74) is 1.60. The van der Waals surface area contributed by atoms with Crippen LogP contribution >= 0.6 is 0 Å². The summed E-state index contributed by atoms with van der Waals surface area (Å²) in [6, 6.07) is 19.8. The summed E-state index contributed by atoms with van der Waals surface area (Å²) < 4.78 is 18.9. The van der Waals surface area contributed by atoms with Crippen LogP contribution in [0.3, 0.4) is 0 Å². The third-order valence-electron chi connectivity index (χ3n) is 7.36. The number of benzene rings is 2. The summed E-state index contributed by atoms with van der Waals surface area (Å²) >= 11 is 0. The molecule has 2 aromatic carbocycles. The first-order valence-corrected chi connectivity index (χ1v) is 15.0. The summed E-state index contributed by atoms with van der Waals surface area (Å²) in [7, 11) is 0. The van der Waals surface area contributed by atoms with Gasteiger partial charge in [-0.1, -0.05) is 86.8 Å². The molecule has 2 heterocycles. The molecule has 1 fully saturated rings. The highest BCUT2D eigenvalue weighted by atomic mass is 19.1. The van der Waals surface area contributed by atoms with E-state index in [0.29, 0.717) is 19.3 Å². The van der Waals surface area contributed by atoms with Crippen LogP contribution in [0.25, 0.3) is 0 Å². The number of halogens is 1. The first-order chi connectivity index (χ1) is 21.9. The lowest BCUT2D eigenvalue weighted by molar-refractivity contribution is -0.185. The molecule has 11 nitrogen and oxygen atoms in total. The first-order valence-electron chi connectivity index (χ1n) is 15.0. The van der Waals surface area contributed by atoms with Crippen LogP contribution in [0.4, 0.5) is 15.0 Å². The minimum atomic E-state index is -1.09. The quantitative estimate of drug-likeness (QED) is 0.143. The van der Waals surface area contributed by atoms with Gasteiger partial charge >= 0.3 is 6.09 Å². The van der Waals surface area contributed by atoms with Crippen LogP contribution in [-0.4, -0.2) is 63.5 Å². The van der Waals surface area contributed by atoms with Crippen LogP contribution in [0.1, 0.15) is 50.2 Å². The number of amides is 4. The standard InChI is InChI=1S/C33H38FN5O6/c1-2-3-6-15-27(21-37(24-40)45-23-26-13-9-5-10-14-26)32(42)39-29(31(41)36-30-17-16-28(34)20-35-30)18-19-38(39)33(43)44-22-25-11-7-4-8-12-25/h4-5,7-14,16-17,20,24,27,29H,2-3,6,15,18-19,21-23H2,1H3,(H,35,36,41)/t27-,29+/m1/s1. The number of pyridine rings is 1. The second-order valence-corrected chi connectivity index (χ2v) is 10.7. The van der Waals surface area contributed by atoms with Crippen molar-refractivity contribution in [2.45, 2.75) is 58.3 Å². The first kappa shape index (κ1) is 33.1. The van der Waals surface area contributed by atoms with Crippen molar-refractivity contribution in [2.75, 3.05) is 18.4 Å². The molecule has 0 radical (unpaired) electrons. The number of carbonyl (C=O) groups excluding carboxylic acids is 4. The molecule has 1 aromatic heterocycles. The number of hydrazine groups is 1. The molecule has 1 N–H and O–H groups in total. The number of hydroxylamine groups is 2. The molecule has 1 aliphatic rings. The monoisotopic (exact) mass is 619 g/mol. The van der Waals surface area contributed by atoms with Gasteiger partial charge in [-0.25, -0.2) is 29.2 Å². The van der Waals surface area contributed by atoms with Crippen LogP contribution in [0.15, 0.2) is 79.0 Å². The van der Waals surface area contributed by atoms with Gasteiger partial charge < -0.3 is 10.1 Å². The number of nitrogens with zero attached hydrogens (tertiary/aromatic N) is 4. The van der Waals surface area contributed by atoms with Crippen molar-refractivity contribution in [2.24, 2.45) is 5.92 Å².